The highest BCUT2D eigenvalue weighted by atomic mass is 16.5. The van der Waals surface area contributed by atoms with Crippen LogP contribution in [0.15, 0.2) is 23.0 Å². The van der Waals surface area contributed by atoms with Crippen LogP contribution in [-0.2, 0) is 6.42 Å². The second-order valence-corrected chi connectivity index (χ2v) is 6.16. The summed E-state index contributed by atoms with van der Waals surface area (Å²) < 4.78 is 5.34. The summed E-state index contributed by atoms with van der Waals surface area (Å²) in [5.41, 5.74) is 0.118. The molecule has 0 saturated heterocycles. The normalized spacial score (nSPS) is 13.3. The van der Waals surface area contributed by atoms with Crippen molar-refractivity contribution in [1.82, 2.24) is 25.4 Å². The Bertz CT molecular complexity index is 547. The SMILES string of the molecule is CCCNC(Cc1nc(-c2ncccn2)no1)C(C)(C)C. The number of rotatable bonds is 6. The molecule has 6 nitrogen and oxygen atoms in total. The van der Waals surface area contributed by atoms with Crippen molar-refractivity contribution in [3.05, 3.63) is 24.4 Å². The van der Waals surface area contributed by atoms with Crippen LogP contribution < -0.4 is 5.32 Å². The molecule has 0 aromatic carbocycles. The minimum Gasteiger partial charge on any atom is -0.339 e. The molecule has 2 heterocycles. The van der Waals surface area contributed by atoms with Gasteiger partial charge in [0.15, 0.2) is 0 Å². The lowest BCUT2D eigenvalue weighted by atomic mass is 9.84. The Kier molecular flexibility index (Phi) is 5.01. The summed E-state index contributed by atoms with van der Waals surface area (Å²) in [6.07, 6.45) is 5.13. The Morgan fingerprint density at radius 1 is 1.19 bits per heavy atom. The Hall–Kier alpha value is -1.82. The summed E-state index contributed by atoms with van der Waals surface area (Å²) in [5, 5.41) is 7.51. The van der Waals surface area contributed by atoms with Crippen LogP contribution in [-0.4, -0.2) is 32.7 Å². The van der Waals surface area contributed by atoms with Crippen LogP contribution in [0.3, 0.4) is 0 Å². The minimum absolute atomic E-state index is 0.118. The fourth-order valence-corrected chi connectivity index (χ4v) is 2.02. The van der Waals surface area contributed by atoms with E-state index in [-0.39, 0.29) is 11.5 Å². The first-order valence-electron chi connectivity index (χ1n) is 7.34. The summed E-state index contributed by atoms with van der Waals surface area (Å²) in [4.78, 5) is 12.7. The first-order valence-corrected chi connectivity index (χ1v) is 7.34. The van der Waals surface area contributed by atoms with E-state index in [1.54, 1.807) is 18.5 Å². The number of hydrogen-bond acceptors (Lipinski definition) is 6. The zero-order chi connectivity index (χ0) is 15.3. The van der Waals surface area contributed by atoms with E-state index in [0.717, 1.165) is 13.0 Å². The van der Waals surface area contributed by atoms with Gasteiger partial charge in [0.2, 0.25) is 17.5 Å². The fourth-order valence-electron chi connectivity index (χ4n) is 2.02. The van der Waals surface area contributed by atoms with Gasteiger partial charge in [-0.3, -0.25) is 0 Å². The van der Waals surface area contributed by atoms with E-state index in [2.05, 4.69) is 53.1 Å². The first-order chi connectivity index (χ1) is 10.0. The van der Waals surface area contributed by atoms with Gasteiger partial charge in [-0.05, 0) is 24.4 Å². The lowest BCUT2D eigenvalue weighted by Gasteiger charge is -2.30. The first kappa shape index (κ1) is 15.6. The highest BCUT2D eigenvalue weighted by Crippen LogP contribution is 2.22. The number of hydrogen-bond donors (Lipinski definition) is 1. The summed E-state index contributed by atoms with van der Waals surface area (Å²) in [6, 6.07) is 2.04. The maximum Gasteiger partial charge on any atom is 0.240 e. The molecule has 0 saturated carbocycles. The molecule has 0 aliphatic heterocycles. The fraction of sp³-hybridized carbons (Fsp3) is 0.600. The van der Waals surface area contributed by atoms with E-state index in [9.17, 15) is 0 Å². The molecule has 0 aliphatic carbocycles. The van der Waals surface area contributed by atoms with Gasteiger partial charge in [-0.25, -0.2) is 9.97 Å². The van der Waals surface area contributed by atoms with Gasteiger partial charge in [0.05, 0.1) is 0 Å². The van der Waals surface area contributed by atoms with Crippen molar-refractivity contribution in [3.8, 4) is 11.6 Å². The second-order valence-electron chi connectivity index (χ2n) is 6.16. The van der Waals surface area contributed by atoms with Crippen molar-refractivity contribution < 1.29 is 4.52 Å². The Morgan fingerprint density at radius 2 is 1.90 bits per heavy atom. The molecule has 2 rings (SSSR count). The quantitative estimate of drug-likeness (QED) is 0.880. The summed E-state index contributed by atoms with van der Waals surface area (Å²) in [5.74, 6) is 1.54. The molecule has 21 heavy (non-hydrogen) atoms. The van der Waals surface area contributed by atoms with Crippen molar-refractivity contribution in [3.63, 3.8) is 0 Å². The third-order valence-corrected chi connectivity index (χ3v) is 3.30. The molecule has 0 amide bonds. The van der Waals surface area contributed by atoms with Gasteiger partial charge < -0.3 is 9.84 Å². The molecular formula is C15H23N5O. The molecule has 2 aromatic rings. The van der Waals surface area contributed by atoms with E-state index in [1.165, 1.54) is 0 Å². The van der Waals surface area contributed by atoms with E-state index < -0.39 is 0 Å². The molecule has 2 aromatic heterocycles. The van der Waals surface area contributed by atoms with Crippen LogP contribution in [0.1, 0.15) is 40.0 Å². The lowest BCUT2D eigenvalue weighted by Crippen LogP contribution is -2.42. The second kappa shape index (κ2) is 6.76. The maximum absolute atomic E-state index is 5.34. The third-order valence-electron chi connectivity index (χ3n) is 3.30. The molecule has 0 radical (unpaired) electrons. The summed E-state index contributed by atoms with van der Waals surface area (Å²) in [7, 11) is 0. The zero-order valence-electron chi connectivity index (χ0n) is 13.1. The third kappa shape index (κ3) is 4.32. The van der Waals surface area contributed by atoms with Gasteiger partial charge in [0.1, 0.15) is 0 Å². The molecule has 0 aliphatic rings. The zero-order valence-corrected chi connectivity index (χ0v) is 13.1. The van der Waals surface area contributed by atoms with Crippen molar-refractivity contribution in [2.75, 3.05) is 6.54 Å². The van der Waals surface area contributed by atoms with Crippen molar-refractivity contribution in [2.45, 2.75) is 46.6 Å². The Labute approximate surface area is 125 Å². The molecule has 0 bridgehead atoms. The van der Waals surface area contributed by atoms with Crippen LogP contribution in [0.5, 0.6) is 0 Å². The van der Waals surface area contributed by atoms with Crippen LogP contribution in [0, 0.1) is 5.41 Å². The molecule has 1 atom stereocenters. The largest absolute Gasteiger partial charge is 0.339 e. The van der Waals surface area contributed by atoms with Crippen LogP contribution in [0.4, 0.5) is 0 Å². The summed E-state index contributed by atoms with van der Waals surface area (Å²) in [6.45, 7) is 9.75. The monoisotopic (exact) mass is 289 g/mol. The van der Waals surface area contributed by atoms with Crippen molar-refractivity contribution in [1.29, 1.82) is 0 Å². The van der Waals surface area contributed by atoms with E-state index in [0.29, 0.717) is 24.0 Å². The van der Waals surface area contributed by atoms with Gasteiger partial charge >= 0.3 is 0 Å². The highest BCUT2D eigenvalue weighted by molar-refractivity contribution is 5.40. The summed E-state index contributed by atoms with van der Waals surface area (Å²) >= 11 is 0. The number of aromatic nitrogens is 4. The topological polar surface area (TPSA) is 76.7 Å². The lowest BCUT2D eigenvalue weighted by molar-refractivity contribution is 0.244. The highest BCUT2D eigenvalue weighted by Gasteiger charge is 2.26. The van der Waals surface area contributed by atoms with Gasteiger partial charge in [-0.2, -0.15) is 4.98 Å². The van der Waals surface area contributed by atoms with Crippen LogP contribution in [0.2, 0.25) is 0 Å². The average Bonchev–Trinajstić information content (AvgIpc) is 2.92. The predicted molar refractivity (Wildman–Crippen MR) is 80.6 cm³/mol. The molecule has 0 spiro atoms. The molecule has 1 unspecified atom stereocenters. The van der Waals surface area contributed by atoms with Gasteiger partial charge in [-0.1, -0.05) is 32.9 Å². The van der Waals surface area contributed by atoms with E-state index in [1.807, 2.05) is 0 Å². The minimum atomic E-state index is 0.118. The smallest absolute Gasteiger partial charge is 0.240 e. The maximum atomic E-state index is 5.34. The van der Waals surface area contributed by atoms with Crippen LogP contribution >= 0.6 is 0 Å². The standard InChI is InChI=1S/C15H23N5O/c1-5-7-16-11(15(2,3)4)10-12-19-14(20-21-12)13-17-8-6-9-18-13/h6,8-9,11,16H,5,7,10H2,1-4H3. The van der Waals surface area contributed by atoms with Gasteiger partial charge in [-0.15, -0.1) is 0 Å². The van der Waals surface area contributed by atoms with Gasteiger partial charge in [0.25, 0.3) is 0 Å². The average molecular weight is 289 g/mol. The molecule has 114 valence electrons. The van der Waals surface area contributed by atoms with Crippen LogP contribution in [0.25, 0.3) is 11.6 Å². The number of nitrogens with one attached hydrogen (secondary N) is 1. The molecule has 0 fully saturated rings. The van der Waals surface area contributed by atoms with Gasteiger partial charge in [0, 0.05) is 24.9 Å². The molecule has 1 N–H and O–H groups in total. The van der Waals surface area contributed by atoms with Crippen molar-refractivity contribution in [2.24, 2.45) is 5.41 Å². The molecular weight excluding hydrogens is 266 g/mol. The predicted octanol–water partition coefficient (Wildman–Crippen LogP) is 2.48. The number of nitrogens with zero attached hydrogens (tertiary/aromatic N) is 4. The van der Waals surface area contributed by atoms with Crippen molar-refractivity contribution >= 4 is 0 Å². The Morgan fingerprint density at radius 3 is 2.52 bits per heavy atom. The molecule has 6 heteroatoms. The van der Waals surface area contributed by atoms with E-state index >= 15 is 0 Å². The van der Waals surface area contributed by atoms with E-state index in [4.69, 9.17) is 4.52 Å². The Balaban J connectivity index is 2.10.